The molecule has 1 N–H and O–H groups in total. The number of nitrogens with zero attached hydrogens (tertiary/aromatic N) is 2. The molecular formula is C11H14N2O3S. The lowest BCUT2D eigenvalue weighted by atomic mass is 10.1. The van der Waals surface area contributed by atoms with Crippen LogP contribution in [0.1, 0.15) is 37.9 Å². The first kappa shape index (κ1) is 12.2. The van der Waals surface area contributed by atoms with Gasteiger partial charge in [0, 0.05) is 11.8 Å². The largest absolute Gasteiger partial charge is 0.481 e. The molecule has 1 aliphatic rings. The van der Waals surface area contributed by atoms with E-state index < -0.39 is 5.97 Å². The minimum absolute atomic E-state index is 0.0252. The Balaban J connectivity index is 2.41. The number of carboxylic acids is 1. The zero-order chi connectivity index (χ0) is 12.6. The van der Waals surface area contributed by atoms with Crippen molar-refractivity contribution in [3.63, 3.8) is 0 Å². The first-order valence-corrected chi connectivity index (χ1v) is 6.45. The number of carboxylic acid groups (broad SMARTS) is 1. The summed E-state index contributed by atoms with van der Waals surface area (Å²) in [6, 6.07) is 1.24. The molecule has 1 aromatic rings. The Hall–Kier alpha value is -1.30. The number of rotatable bonds is 3. The van der Waals surface area contributed by atoms with Gasteiger partial charge in [0.15, 0.2) is 5.16 Å². The van der Waals surface area contributed by atoms with Crippen LogP contribution >= 0.6 is 11.8 Å². The molecule has 2 rings (SSSR count). The molecule has 0 aromatic carbocycles. The zero-order valence-electron chi connectivity index (χ0n) is 9.71. The van der Waals surface area contributed by atoms with Gasteiger partial charge in [-0.2, -0.15) is 0 Å². The highest BCUT2D eigenvalue weighted by Crippen LogP contribution is 2.32. The van der Waals surface area contributed by atoms with Crippen LogP contribution in [0.5, 0.6) is 0 Å². The second kappa shape index (κ2) is 4.52. The van der Waals surface area contributed by atoms with Gasteiger partial charge in [0.25, 0.3) is 5.56 Å². The van der Waals surface area contributed by atoms with E-state index in [0.29, 0.717) is 10.9 Å². The van der Waals surface area contributed by atoms with E-state index in [1.807, 2.05) is 13.8 Å². The summed E-state index contributed by atoms with van der Waals surface area (Å²) in [5.74, 6) is -0.0770. The number of hydrogen-bond donors (Lipinski definition) is 1. The van der Waals surface area contributed by atoms with E-state index >= 15 is 0 Å². The fourth-order valence-electron chi connectivity index (χ4n) is 1.82. The number of carbonyl (C=O) groups is 1. The second-order valence-electron chi connectivity index (χ2n) is 4.39. The van der Waals surface area contributed by atoms with Crippen molar-refractivity contribution < 1.29 is 9.90 Å². The molecule has 0 spiro atoms. The van der Waals surface area contributed by atoms with Crippen molar-refractivity contribution in [3.05, 3.63) is 22.1 Å². The average Bonchev–Trinajstić information content (AvgIpc) is 2.60. The van der Waals surface area contributed by atoms with Crippen LogP contribution in [-0.2, 0) is 4.79 Å². The van der Waals surface area contributed by atoms with Gasteiger partial charge in [0.2, 0.25) is 0 Å². The van der Waals surface area contributed by atoms with Crippen LogP contribution in [-0.4, -0.2) is 26.4 Å². The Kier molecular flexibility index (Phi) is 3.24. The summed E-state index contributed by atoms with van der Waals surface area (Å²) >= 11 is 1.45. The summed E-state index contributed by atoms with van der Waals surface area (Å²) in [6.07, 6.45) is -0.0252. The minimum Gasteiger partial charge on any atom is -0.481 e. The van der Waals surface area contributed by atoms with Gasteiger partial charge in [0.05, 0.1) is 18.2 Å². The fourth-order valence-corrected chi connectivity index (χ4v) is 2.97. The summed E-state index contributed by atoms with van der Waals surface area (Å²) in [4.78, 5) is 27.1. The van der Waals surface area contributed by atoms with Gasteiger partial charge in [-0.3, -0.25) is 14.2 Å². The quantitative estimate of drug-likeness (QED) is 0.827. The van der Waals surface area contributed by atoms with E-state index in [4.69, 9.17) is 5.11 Å². The molecule has 0 bridgehead atoms. The highest BCUT2D eigenvalue weighted by molar-refractivity contribution is 7.99. The zero-order valence-corrected chi connectivity index (χ0v) is 10.5. The predicted octanol–water partition coefficient (Wildman–Crippen LogP) is 1.49. The van der Waals surface area contributed by atoms with Gasteiger partial charge in [-0.25, -0.2) is 4.98 Å². The molecule has 6 heteroatoms. The van der Waals surface area contributed by atoms with Crippen molar-refractivity contribution in [2.24, 2.45) is 0 Å². The molecule has 0 amide bonds. The predicted molar refractivity (Wildman–Crippen MR) is 64.6 cm³/mol. The maximum atomic E-state index is 11.9. The Labute approximate surface area is 103 Å². The third-order valence-corrected chi connectivity index (χ3v) is 3.81. The number of thioether (sulfide) groups is 1. The van der Waals surface area contributed by atoms with E-state index in [-0.39, 0.29) is 23.9 Å². The van der Waals surface area contributed by atoms with Gasteiger partial charge in [-0.15, -0.1) is 0 Å². The summed E-state index contributed by atoms with van der Waals surface area (Å²) < 4.78 is 1.50. The van der Waals surface area contributed by atoms with E-state index in [2.05, 4.69) is 4.98 Å². The third-order valence-electron chi connectivity index (χ3n) is 2.71. The topological polar surface area (TPSA) is 72.2 Å². The van der Waals surface area contributed by atoms with Crippen LogP contribution in [0, 0.1) is 0 Å². The summed E-state index contributed by atoms with van der Waals surface area (Å²) in [7, 11) is 0. The van der Waals surface area contributed by atoms with Gasteiger partial charge in [0.1, 0.15) is 0 Å². The van der Waals surface area contributed by atoms with Crippen molar-refractivity contribution in [1.82, 2.24) is 9.55 Å². The standard InChI is InChI=1S/C11H14N2O3S/c1-6(2)8-4-9(14)13-7(3-10(15)16)5-17-11(13)12-8/h4,6-7H,3,5H2,1-2H3,(H,15,16)/t7-/m0/s1. The molecule has 0 radical (unpaired) electrons. The van der Waals surface area contributed by atoms with Crippen LogP contribution in [0.25, 0.3) is 0 Å². The molecule has 5 nitrogen and oxygen atoms in total. The molecule has 0 saturated carbocycles. The molecule has 0 fully saturated rings. The molecular weight excluding hydrogens is 240 g/mol. The van der Waals surface area contributed by atoms with Gasteiger partial charge < -0.3 is 5.11 Å². The molecule has 2 heterocycles. The Morgan fingerprint density at radius 2 is 2.41 bits per heavy atom. The molecule has 0 saturated heterocycles. The number of aromatic nitrogens is 2. The van der Waals surface area contributed by atoms with Crippen LogP contribution in [0.2, 0.25) is 0 Å². The smallest absolute Gasteiger partial charge is 0.305 e. The van der Waals surface area contributed by atoms with E-state index in [9.17, 15) is 9.59 Å². The SMILES string of the molecule is CC(C)c1cc(=O)n2c(n1)SC[C@@H]2CC(=O)O. The molecule has 1 aliphatic heterocycles. The number of fused-ring (bicyclic) bond motifs is 1. The summed E-state index contributed by atoms with van der Waals surface area (Å²) in [5.41, 5.74) is 0.625. The Bertz CT molecular complexity index is 510. The average molecular weight is 254 g/mol. The van der Waals surface area contributed by atoms with Crippen LogP contribution < -0.4 is 5.56 Å². The van der Waals surface area contributed by atoms with Crippen molar-refractivity contribution >= 4 is 17.7 Å². The van der Waals surface area contributed by atoms with Crippen LogP contribution in [0.3, 0.4) is 0 Å². The highest BCUT2D eigenvalue weighted by atomic mass is 32.2. The molecule has 17 heavy (non-hydrogen) atoms. The number of aliphatic carboxylic acids is 1. The highest BCUT2D eigenvalue weighted by Gasteiger charge is 2.27. The number of hydrogen-bond acceptors (Lipinski definition) is 4. The van der Waals surface area contributed by atoms with E-state index in [0.717, 1.165) is 5.69 Å². The summed E-state index contributed by atoms with van der Waals surface area (Å²) in [6.45, 7) is 3.96. The Morgan fingerprint density at radius 3 is 3.00 bits per heavy atom. The minimum atomic E-state index is -0.886. The first-order valence-electron chi connectivity index (χ1n) is 5.47. The Morgan fingerprint density at radius 1 is 1.71 bits per heavy atom. The third kappa shape index (κ3) is 2.36. The van der Waals surface area contributed by atoms with Gasteiger partial charge in [-0.05, 0) is 5.92 Å². The van der Waals surface area contributed by atoms with Crippen molar-refractivity contribution in [2.75, 3.05) is 5.75 Å². The van der Waals surface area contributed by atoms with Crippen LogP contribution in [0.15, 0.2) is 16.0 Å². The van der Waals surface area contributed by atoms with Crippen LogP contribution in [0.4, 0.5) is 0 Å². The molecule has 0 unspecified atom stereocenters. The van der Waals surface area contributed by atoms with E-state index in [1.54, 1.807) is 0 Å². The molecule has 1 aromatic heterocycles. The van der Waals surface area contributed by atoms with Gasteiger partial charge in [-0.1, -0.05) is 25.6 Å². The van der Waals surface area contributed by atoms with E-state index in [1.165, 1.54) is 22.4 Å². The lowest BCUT2D eigenvalue weighted by Gasteiger charge is -2.12. The monoisotopic (exact) mass is 254 g/mol. The maximum Gasteiger partial charge on any atom is 0.305 e. The van der Waals surface area contributed by atoms with Gasteiger partial charge >= 0.3 is 5.97 Å². The normalized spacial score (nSPS) is 18.4. The molecule has 0 aliphatic carbocycles. The lowest BCUT2D eigenvalue weighted by Crippen LogP contribution is -2.26. The molecule has 1 atom stereocenters. The maximum absolute atomic E-state index is 11.9. The van der Waals surface area contributed by atoms with Crippen molar-refractivity contribution in [1.29, 1.82) is 0 Å². The van der Waals surface area contributed by atoms with Crippen molar-refractivity contribution in [3.8, 4) is 0 Å². The lowest BCUT2D eigenvalue weighted by molar-refractivity contribution is -0.137. The van der Waals surface area contributed by atoms with Crippen molar-refractivity contribution in [2.45, 2.75) is 37.4 Å². The fraction of sp³-hybridized carbons (Fsp3) is 0.545. The molecule has 92 valence electrons. The first-order chi connectivity index (χ1) is 7.99. The summed E-state index contributed by atoms with van der Waals surface area (Å²) in [5, 5.41) is 9.43. The second-order valence-corrected chi connectivity index (χ2v) is 5.38.